The van der Waals surface area contributed by atoms with Gasteiger partial charge in [-0.1, -0.05) is 12.1 Å². The van der Waals surface area contributed by atoms with Gasteiger partial charge in [0.15, 0.2) is 0 Å². The number of carbonyl (C=O) groups excluding carboxylic acids is 1. The maximum Gasteiger partial charge on any atom is 0.240 e. The second kappa shape index (κ2) is 5.29. The van der Waals surface area contributed by atoms with Crippen LogP contribution in [0, 0.1) is 0 Å². The van der Waals surface area contributed by atoms with Crippen molar-refractivity contribution in [2.45, 2.75) is 6.42 Å². The Kier molecular flexibility index (Phi) is 3.55. The highest BCUT2D eigenvalue weighted by Crippen LogP contribution is 2.22. The molecule has 0 aliphatic heterocycles. The van der Waals surface area contributed by atoms with E-state index in [1.165, 1.54) is 0 Å². The smallest absolute Gasteiger partial charge is 0.240 e. The molecule has 0 amide bonds. The third-order valence-corrected chi connectivity index (χ3v) is 2.71. The van der Waals surface area contributed by atoms with Crippen molar-refractivity contribution in [1.82, 2.24) is 9.78 Å². The molecular weight excluding hydrogens is 230 g/mol. The first kappa shape index (κ1) is 12.1. The van der Waals surface area contributed by atoms with Crippen molar-refractivity contribution >= 4 is 11.8 Å². The van der Waals surface area contributed by atoms with Gasteiger partial charge in [-0.15, -0.1) is 0 Å². The fourth-order valence-electron chi connectivity index (χ4n) is 1.77. The van der Waals surface area contributed by atoms with Crippen LogP contribution < -0.4 is 4.74 Å². The van der Waals surface area contributed by atoms with Crippen LogP contribution in [0.3, 0.4) is 0 Å². The third kappa shape index (κ3) is 2.47. The Hall–Kier alpha value is -2.39. The minimum atomic E-state index is 0.551. The van der Waals surface area contributed by atoms with Gasteiger partial charge in [0.2, 0.25) is 6.08 Å². The summed E-state index contributed by atoms with van der Waals surface area (Å²) in [5, 5.41) is 4.09. The molecule has 0 saturated carbocycles. The molecule has 18 heavy (non-hydrogen) atoms. The Labute approximate surface area is 105 Å². The summed E-state index contributed by atoms with van der Waals surface area (Å²) in [6.45, 7) is 0. The molecule has 0 unspecified atom stereocenters. The molecule has 0 saturated heterocycles. The second-order valence-electron chi connectivity index (χ2n) is 3.83. The van der Waals surface area contributed by atoms with Gasteiger partial charge in [-0.3, -0.25) is 4.68 Å². The van der Waals surface area contributed by atoms with E-state index in [1.54, 1.807) is 24.1 Å². The van der Waals surface area contributed by atoms with E-state index in [-0.39, 0.29) is 0 Å². The van der Waals surface area contributed by atoms with Crippen LogP contribution >= 0.6 is 0 Å². The summed E-state index contributed by atoms with van der Waals surface area (Å²) < 4.78 is 6.88. The SMILES string of the molecule is COc1cccc(Cc2c(N=C=O)cnn2C)c1. The molecule has 0 fully saturated rings. The molecule has 5 nitrogen and oxygen atoms in total. The number of rotatable bonds is 4. The van der Waals surface area contributed by atoms with Crippen LogP contribution in [-0.2, 0) is 18.3 Å². The molecule has 0 aliphatic carbocycles. The van der Waals surface area contributed by atoms with E-state index in [9.17, 15) is 4.79 Å². The van der Waals surface area contributed by atoms with Crippen molar-refractivity contribution in [3.8, 4) is 5.75 Å². The average molecular weight is 243 g/mol. The van der Waals surface area contributed by atoms with Gasteiger partial charge in [0, 0.05) is 13.5 Å². The van der Waals surface area contributed by atoms with Gasteiger partial charge in [0.25, 0.3) is 0 Å². The maximum atomic E-state index is 10.3. The molecular formula is C13H13N3O2. The molecule has 1 heterocycles. The van der Waals surface area contributed by atoms with Crippen molar-refractivity contribution in [3.63, 3.8) is 0 Å². The van der Waals surface area contributed by atoms with Crippen molar-refractivity contribution < 1.29 is 9.53 Å². The van der Waals surface area contributed by atoms with Gasteiger partial charge >= 0.3 is 0 Å². The van der Waals surface area contributed by atoms with Gasteiger partial charge in [0.05, 0.1) is 19.0 Å². The summed E-state index contributed by atoms with van der Waals surface area (Å²) in [6, 6.07) is 7.75. The number of methoxy groups -OCH3 is 1. The zero-order valence-electron chi connectivity index (χ0n) is 10.3. The van der Waals surface area contributed by atoms with Crippen LogP contribution in [0.15, 0.2) is 35.5 Å². The lowest BCUT2D eigenvalue weighted by atomic mass is 10.1. The first-order valence-electron chi connectivity index (χ1n) is 5.46. The Morgan fingerprint density at radius 2 is 2.33 bits per heavy atom. The summed E-state index contributed by atoms with van der Waals surface area (Å²) in [4.78, 5) is 14.0. The molecule has 2 rings (SSSR count). The van der Waals surface area contributed by atoms with E-state index in [2.05, 4.69) is 10.1 Å². The lowest BCUT2D eigenvalue weighted by Crippen LogP contribution is -1.99. The van der Waals surface area contributed by atoms with Crippen LogP contribution in [-0.4, -0.2) is 23.0 Å². The number of benzene rings is 1. The molecule has 0 radical (unpaired) electrons. The Bertz CT molecular complexity index is 598. The normalized spacial score (nSPS) is 9.89. The topological polar surface area (TPSA) is 56.5 Å². The Morgan fingerprint density at radius 3 is 3.06 bits per heavy atom. The molecule has 2 aromatic rings. The van der Waals surface area contributed by atoms with Crippen molar-refractivity contribution in [1.29, 1.82) is 0 Å². The number of isocyanates is 1. The van der Waals surface area contributed by atoms with Gasteiger partial charge in [-0.05, 0) is 17.7 Å². The fourth-order valence-corrected chi connectivity index (χ4v) is 1.77. The zero-order valence-corrected chi connectivity index (χ0v) is 10.3. The third-order valence-electron chi connectivity index (χ3n) is 2.71. The van der Waals surface area contributed by atoms with Crippen molar-refractivity contribution in [2.75, 3.05) is 7.11 Å². The summed E-state index contributed by atoms with van der Waals surface area (Å²) in [7, 11) is 3.45. The number of aryl methyl sites for hydroxylation is 1. The summed E-state index contributed by atoms with van der Waals surface area (Å²) in [6.07, 6.45) is 3.73. The molecule has 1 aromatic carbocycles. The number of aromatic nitrogens is 2. The standard InChI is InChI=1S/C13H13N3O2/c1-16-13(12(8-15-16)14-9-17)7-10-4-3-5-11(6-10)18-2/h3-6,8H,7H2,1-2H3. The fraction of sp³-hybridized carbons (Fsp3) is 0.231. The number of ether oxygens (including phenoxy) is 1. The van der Waals surface area contributed by atoms with Crippen LogP contribution in [0.25, 0.3) is 0 Å². The number of hydrogen-bond acceptors (Lipinski definition) is 4. The summed E-state index contributed by atoms with van der Waals surface area (Å²) >= 11 is 0. The lowest BCUT2D eigenvalue weighted by Gasteiger charge is -2.05. The largest absolute Gasteiger partial charge is 0.497 e. The van der Waals surface area contributed by atoms with Gasteiger partial charge in [-0.2, -0.15) is 10.1 Å². The van der Waals surface area contributed by atoms with Crippen LogP contribution in [0.1, 0.15) is 11.3 Å². The summed E-state index contributed by atoms with van der Waals surface area (Å²) in [5.74, 6) is 0.801. The van der Waals surface area contributed by atoms with E-state index in [0.29, 0.717) is 12.1 Å². The van der Waals surface area contributed by atoms with Crippen molar-refractivity contribution in [2.24, 2.45) is 12.0 Å². The highest BCUT2D eigenvalue weighted by atomic mass is 16.5. The van der Waals surface area contributed by atoms with Crippen LogP contribution in [0.4, 0.5) is 5.69 Å². The quantitative estimate of drug-likeness (QED) is 0.609. The molecule has 5 heteroatoms. The highest BCUT2D eigenvalue weighted by molar-refractivity contribution is 5.51. The first-order valence-corrected chi connectivity index (χ1v) is 5.46. The van der Waals surface area contributed by atoms with Crippen LogP contribution in [0.2, 0.25) is 0 Å². The van der Waals surface area contributed by atoms with E-state index >= 15 is 0 Å². The average Bonchev–Trinajstić information content (AvgIpc) is 2.72. The van der Waals surface area contributed by atoms with Gasteiger partial charge in [-0.25, -0.2) is 4.79 Å². The molecule has 0 N–H and O–H groups in total. The number of nitrogens with zero attached hydrogens (tertiary/aromatic N) is 3. The predicted octanol–water partition coefficient (Wildman–Crippen LogP) is 1.99. The van der Waals surface area contributed by atoms with E-state index < -0.39 is 0 Å². The predicted molar refractivity (Wildman–Crippen MR) is 66.8 cm³/mol. The van der Waals surface area contributed by atoms with Gasteiger partial charge < -0.3 is 4.74 Å². The Balaban J connectivity index is 2.33. The highest BCUT2D eigenvalue weighted by Gasteiger charge is 2.09. The molecule has 0 atom stereocenters. The second-order valence-corrected chi connectivity index (χ2v) is 3.83. The maximum absolute atomic E-state index is 10.3. The molecule has 0 bridgehead atoms. The number of aliphatic imine (C=N–C) groups is 1. The molecule has 0 spiro atoms. The first-order chi connectivity index (χ1) is 8.74. The molecule has 1 aromatic heterocycles. The van der Waals surface area contributed by atoms with E-state index in [0.717, 1.165) is 17.0 Å². The molecule has 92 valence electrons. The summed E-state index contributed by atoms with van der Waals surface area (Å²) in [5.41, 5.74) is 2.49. The van der Waals surface area contributed by atoms with E-state index in [4.69, 9.17) is 4.74 Å². The van der Waals surface area contributed by atoms with Crippen LogP contribution in [0.5, 0.6) is 5.75 Å². The van der Waals surface area contributed by atoms with Gasteiger partial charge in [0.1, 0.15) is 11.4 Å². The Morgan fingerprint density at radius 1 is 1.50 bits per heavy atom. The molecule has 0 aliphatic rings. The lowest BCUT2D eigenvalue weighted by molar-refractivity contribution is 0.414. The van der Waals surface area contributed by atoms with E-state index in [1.807, 2.05) is 31.3 Å². The zero-order chi connectivity index (χ0) is 13.0. The van der Waals surface area contributed by atoms with Crippen molar-refractivity contribution in [3.05, 3.63) is 41.7 Å². The monoisotopic (exact) mass is 243 g/mol. The minimum absolute atomic E-state index is 0.551. The number of hydrogen-bond donors (Lipinski definition) is 0. The minimum Gasteiger partial charge on any atom is -0.497 e.